The van der Waals surface area contributed by atoms with Gasteiger partial charge in [0.1, 0.15) is 4.90 Å². The minimum atomic E-state index is -4.96. The van der Waals surface area contributed by atoms with Crippen LogP contribution < -0.4 is 10.0 Å². The van der Waals surface area contributed by atoms with E-state index in [1.165, 1.54) is 7.05 Å². The molecule has 1 aromatic rings. The summed E-state index contributed by atoms with van der Waals surface area (Å²) in [5.74, 6) is 0. The van der Waals surface area contributed by atoms with Crippen molar-refractivity contribution >= 4 is 25.7 Å². The average Bonchev–Trinajstić information content (AvgIpc) is 2.41. The van der Waals surface area contributed by atoms with Crippen molar-refractivity contribution in [2.45, 2.75) is 16.0 Å². The quantitative estimate of drug-likeness (QED) is 0.807. The van der Waals surface area contributed by atoms with Gasteiger partial charge in [-0.1, -0.05) is 0 Å². The third-order valence-electron chi connectivity index (χ3n) is 3.13. The molecule has 124 valence electrons. The van der Waals surface area contributed by atoms with E-state index in [1.807, 2.05) is 0 Å². The molecule has 1 aromatic carbocycles. The zero-order valence-corrected chi connectivity index (χ0v) is 13.0. The number of rotatable bonds is 2. The molecule has 1 aliphatic heterocycles. The van der Waals surface area contributed by atoms with Crippen molar-refractivity contribution in [2.24, 2.45) is 0 Å². The number of sulfonamides is 2. The molecule has 0 fully saturated rings. The van der Waals surface area contributed by atoms with Crippen molar-refractivity contribution in [2.75, 3.05) is 26.1 Å². The Morgan fingerprint density at radius 1 is 1.32 bits per heavy atom. The SMILES string of the molecule is CNS(=O)(=O)c1cc2c(cc1C(F)(F)F)NCN(C)S2(=O)=O. The zero-order chi connectivity index (χ0) is 16.9. The molecule has 0 spiro atoms. The van der Waals surface area contributed by atoms with E-state index in [0.29, 0.717) is 12.1 Å². The van der Waals surface area contributed by atoms with Gasteiger partial charge >= 0.3 is 6.18 Å². The summed E-state index contributed by atoms with van der Waals surface area (Å²) < 4.78 is 89.7. The van der Waals surface area contributed by atoms with Gasteiger partial charge in [-0.3, -0.25) is 0 Å². The van der Waals surface area contributed by atoms with Gasteiger partial charge in [-0.15, -0.1) is 0 Å². The van der Waals surface area contributed by atoms with Crippen LogP contribution in [-0.4, -0.2) is 41.9 Å². The van der Waals surface area contributed by atoms with Gasteiger partial charge in [0.2, 0.25) is 20.0 Å². The summed E-state index contributed by atoms with van der Waals surface area (Å²) in [4.78, 5) is -1.66. The Morgan fingerprint density at radius 2 is 1.91 bits per heavy atom. The molecule has 12 heteroatoms. The smallest absolute Gasteiger partial charge is 0.370 e. The van der Waals surface area contributed by atoms with E-state index in [0.717, 1.165) is 11.4 Å². The summed E-state index contributed by atoms with van der Waals surface area (Å²) in [6, 6.07) is 1.01. The van der Waals surface area contributed by atoms with Crippen LogP contribution in [0.3, 0.4) is 0 Å². The average molecular weight is 359 g/mol. The summed E-state index contributed by atoms with van der Waals surface area (Å²) >= 11 is 0. The summed E-state index contributed by atoms with van der Waals surface area (Å²) in [6.07, 6.45) is -4.96. The van der Waals surface area contributed by atoms with Crippen molar-refractivity contribution in [1.29, 1.82) is 0 Å². The Kier molecular flexibility index (Phi) is 3.92. The maximum atomic E-state index is 13.1. The number of hydrogen-bond donors (Lipinski definition) is 2. The van der Waals surface area contributed by atoms with Gasteiger partial charge in [0.05, 0.1) is 22.8 Å². The number of halogens is 3. The van der Waals surface area contributed by atoms with Crippen LogP contribution in [0.4, 0.5) is 18.9 Å². The minimum absolute atomic E-state index is 0.218. The van der Waals surface area contributed by atoms with Crippen LogP contribution in [0.1, 0.15) is 5.56 Å². The fourth-order valence-electron chi connectivity index (χ4n) is 1.92. The second-order valence-corrected chi connectivity index (χ2v) is 8.36. The molecule has 2 N–H and O–H groups in total. The number of fused-ring (bicyclic) bond motifs is 1. The summed E-state index contributed by atoms with van der Waals surface area (Å²) in [6.45, 7) is -0.218. The molecule has 22 heavy (non-hydrogen) atoms. The van der Waals surface area contributed by atoms with Crippen molar-refractivity contribution < 1.29 is 30.0 Å². The van der Waals surface area contributed by atoms with E-state index in [4.69, 9.17) is 0 Å². The highest BCUT2D eigenvalue weighted by molar-refractivity contribution is 7.90. The third-order valence-corrected chi connectivity index (χ3v) is 6.42. The van der Waals surface area contributed by atoms with Crippen LogP contribution in [0.25, 0.3) is 0 Å². The lowest BCUT2D eigenvalue weighted by Crippen LogP contribution is -2.37. The van der Waals surface area contributed by atoms with Gasteiger partial charge in [0.15, 0.2) is 0 Å². The Labute approximate surface area is 125 Å². The number of nitrogens with one attached hydrogen (secondary N) is 2. The monoisotopic (exact) mass is 359 g/mol. The minimum Gasteiger partial charge on any atom is -0.370 e. The van der Waals surface area contributed by atoms with Crippen LogP contribution in [0.5, 0.6) is 0 Å². The van der Waals surface area contributed by atoms with Crippen LogP contribution in [0, 0.1) is 0 Å². The standard InChI is InChI=1S/C10H12F3N3O4S2/c1-14-21(17,18)8-4-9-7(3-6(8)10(11,12)13)15-5-16(2)22(9,19)20/h3-4,14-15H,5H2,1-2H3. The fraction of sp³-hybridized carbons (Fsp3) is 0.400. The number of nitrogens with zero attached hydrogens (tertiary/aromatic N) is 1. The molecule has 1 heterocycles. The normalized spacial score (nSPS) is 18.6. The maximum Gasteiger partial charge on any atom is 0.417 e. The fourth-order valence-corrected chi connectivity index (χ4v) is 4.19. The van der Waals surface area contributed by atoms with Crippen molar-refractivity contribution in [3.05, 3.63) is 17.7 Å². The van der Waals surface area contributed by atoms with Gasteiger partial charge in [0, 0.05) is 7.05 Å². The molecule has 0 bridgehead atoms. The molecule has 1 aliphatic rings. The van der Waals surface area contributed by atoms with Crippen molar-refractivity contribution in [3.63, 3.8) is 0 Å². The van der Waals surface area contributed by atoms with E-state index < -0.39 is 41.6 Å². The lowest BCUT2D eigenvalue weighted by Gasteiger charge is -2.27. The molecule has 0 aromatic heterocycles. The van der Waals surface area contributed by atoms with Gasteiger partial charge in [0.25, 0.3) is 0 Å². The first-order valence-electron chi connectivity index (χ1n) is 5.80. The van der Waals surface area contributed by atoms with E-state index in [-0.39, 0.29) is 12.4 Å². The highest BCUT2D eigenvalue weighted by Crippen LogP contribution is 2.40. The predicted molar refractivity (Wildman–Crippen MR) is 71.1 cm³/mol. The number of anilines is 1. The lowest BCUT2D eigenvalue weighted by atomic mass is 10.2. The maximum absolute atomic E-state index is 13.1. The topological polar surface area (TPSA) is 95.6 Å². The number of alkyl halides is 3. The Balaban J connectivity index is 2.87. The first-order chi connectivity index (χ1) is 9.91. The van der Waals surface area contributed by atoms with E-state index in [1.54, 1.807) is 4.72 Å². The van der Waals surface area contributed by atoms with Crippen molar-refractivity contribution in [3.8, 4) is 0 Å². The van der Waals surface area contributed by atoms with Crippen LogP contribution >= 0.6 is 0 Å². The Bertz CT molecular complexity index is 819. The Hall–Kier alpha value is -1.37. The highest BCUT2D eigenvalue weighted by atomic mass is 32.2. The number of hydrogen-bond acceptors (Lipinski definition) is 5. The van der Waals surface area contributed by atoms with E-state index in [2.05, 4.69) is 5.32 Å². The summed E-state index contributed by atoms with van der Waals surface area (Å²) in [5, 5.41) is 2.51. The molecule has 0 atom stereocenters. The van der Waals surface area contributed by atoms with E-state index in [9.17, 15) is 30.0 Å². The second kappa shape index (κ2) is 5.08. The lowest BCUT2D eigenvalue weighted by molar-refractivity contribution is -0.139. The van der Waals surface area contributed by atoms with Gasteiger partial charge in [-0.2, -0.15) is 17.5 Å². The summed E-state index contributed by atoms with van der Waals surface area (Å²) in [5.41, 5.74) is -1.73. The van der Waals surface area contributed by atoms with Crippen LogP contribution in [0.15, 0.2) is 21.9 Å². The first kappa shape index (κ1) is 17.0. The highest BCUT2D eigenvalue weighted by Gasteiger charge is 2.40. The predicted octanol–water partition coefficient (Wildman–Crippen LogP) is 0.617. The molecule has 7 nitrogen and oxygen atoms in total. The summed E-state index contributed by atoms with van der Waals surface area (Å²) in [7, 11) is -6.40. The molecule has 0 saturated carbocycles. The van der Waals surface area contributed by atoms with Gasteiger partial charge in [-0.25, -0.2) is 21.6 Å². The zero-order valence-electron chi connectivity index (χ0n) is 11.4. The van der Waals surface area contributed by atoms with Gasteiger partial charge < -0.3 is 5.32 Å². The van der Waals surface area contributed by atoms with Crippen molar-refractivity contribution in [1.82, 2.24) is 9.03 Å². The molecule has 0 aliphatic carbocycles. The van der Waals surface area contributed by atoms with E-state index >= 15 is 0 Å². The Morgan fingerprint density at radius 3 is 2.41 bits per heavy atom. The second-order valence-electron chi connectivity index (χ2n) is 4.49. The molecule has 0 unspecified atom stereocenters. The molecule has 2 rings (SSSR count). The molecule has 0 amide bonds. The molecule has 0 saturated heterocycles. The molecular formula is C10H12F3N3O4S2. The molecule has 0 radical (unpaired) electrons. The van der Waals surface area contributed by atoms with Crippen LogP contribution in [0.2, 0.25) is 0 Å². The third kappa shape index (κ3) is 2.66. The first-order valence-corrected chi connectivity index (χ1v) is 8.72. The van der Waals surface area contributed by atoms with Crippen LogP contribution in [-0.2, 0) is 26.2 Å². The largest absolute Gasteiger partial charge is 0.417 e. The van der Waals surface area contributed by atoms with Gasteiger partial charge in [-0.05, 0) is 19.2 Å². The molecular weight excluding hydrogens is 347 g/mol. The number of benzene rings is 1.